The highest BCUT2D eigenvalue weighted by molar-refractivity contribution is 6.04. The quantitative estimate of drug-likeness (QED) is 0.526. The topological polar surface area (TPSA) is 94.7 Å². The summed E-state index contributed by atoms with van der Waals surface area (Å²) in [5.41, 5.74) is 1.18. The predicted octanol–water partition coefficient (Wildman–Crippen LogP) is 3.84. The van der Waals surface area contributed by atoms with Crippen LogP contribution in [0.1, 0.15) is 56.3 Å². The van der Waals surface area contributed by atoms with E-state index in [0.29, 0.717) is 11.3 Å². The van der Waals surface area contributed by atoms with E-state index in [-0.39, 0.29) is 29.2 Å². The number of esters is 2. The summed E-state index contributed by atoms with van der Waals surface area (Å²) in [4.78, 5) is 39.9. The fraction of sp³-hybridized carbons (Fsp3) is 0.350. The molecule has 2 rings (SSSR count). The number of hydrogen-bond donors (Lipinski definition) is 1. The molecule has 156 valence electrons. The number of aromatic nitrogens is 1. The molecule has 0 radical (unpaired) electrons. The summed E-state index contributed by atoms with van der Waals surface area (Å²) >= 11 is 0. The number of ether oxygens (including phenoxy) is 3. The van der Waals surface area contributed by atoms with Gasteiger partial charge in [-0.25, -0.2) is 9.59 Å². The van der Waals surface area contributed by atoms with E-state index in [4.69, 9.17) is 9.47 Å². The van der Waals surface area contributed by atoms with Crippen molar-refractivity contribution in [1.82, 2.24) is 4.98 Å². The molecule has 1 aromatic heterocycles. The molecule has 0 aliphatic rings. The summed E-state index contributed by atoms with van der Waals surface area (Å²) in [5.74, 6) is -2.19. The fourth-order valence-corrected chi connectivity index (χ4v) is 2.79. The predicted molar refractivity (Wildman–Crippen MR) is 98.5 cm³/mol. The number of benzene rings is 1. The summed E-state index contributed by atoms with van der Waals surface area (Å²) in [7, 11) is 0. The molecule has 0 spiro atoms. The number of carbonyl (C=O) groups is 3. The molecule has 0 aliphatic heterocycles. The van der Waals surface area contributed by atoms with Crippen molar-refractivity contribution in [2.45, 2.75) is 40.4 Å². The van der Waals surface area contributed by atoms with Crippen molar-refractivity contribution in [1.29, 1.82) is 0 Å². The first-order valence-electron chi connectivity index (χ1n) is 8.82. The van der Waals surface area contributed by atoms with Crippen LogP contribution in [-0.4, -0.2) is 42.0 Å². The smallest absolute Gasteiger partial charge is 0.387 e. The average Bonchev–Trinajstić information content (AvgIpc) is 2.95. The molecule has 1 atom stereocenters. The molecule has 2 aromatic rings. The summed E-state index contributed by atoms with van der Waals surface area (Å²) in [6.07, 6.45) is -1.19. The Kier molecular flexibility index (Phi) is 7.08. The Morgan fingerprint density at radius 2 is 1.83 bits per heavy atom. The molecule has 1 unspecified atom stereocenters. The number of hydrogen-bond acceptors (Lipinski definition) is 6. The van der Waals surface area contributed by atoms with E-state index in [0.717, 1.165) is 6.07 Å². The lowest BCUT2D eigenvalue weighted by Gasteiger charge is -2.13. The minimum atomic E-state index is -3.03. The third-order valence-corrected chi connectivity index (χ3v) is 4.11. The van der Waals surface area contributed by atoms with Crippen molar-refractivity contribution in [3.63, 3.8) is 0 Å². The van der Waals surface area contributed by atoms with Crippen LogP contribution in [0.3, 0.4) is 0 Å². The maximum Gasteiger partial charge on any atom is 0.387 e. The van der Waals surface area contributed by atoms with Crippen LogP contribution in [0.15, 0.2) is 24.3 Å². The summed E-state index contributed by atoms with van der Waals surface area (Å²) in [5, 5.41) is 0. The maximum absolute atomic E-state index is 12.7. The van der Waals surface area contributed by atoms with Crippen molar-refractivity contribution >= 4 is 17.7 Å². The zero-order valence-electron chi connectivity index (χ0n) is 16.4. The lowest BCUT2D eigenvalue weighted by Crippen LogP contribution is -2.25. The number of H-pyrrole nitrogens is 1. The molecule has 29 heavy (non-hydrogen) atoms. The number of alkyl halides is 2. The first kappa shape index (κ1) is 22.1. The fourth-order valence-electron chi connectivity index (χ4n) is 2.79. The third kappa shape index (κ3) is 5.18. The van der Waals surface area contributed by atoms with Crippen molar-refractivity contribution in [3.8, 4) is 5.75 Å². The Morgan fingerprint density at radius 1 is 1.14 bits per heavy atom. The molecule has 7 nitrogen and oxygen atoms in total. The van der Waals surface area contributed by atoms with Gasteiger partial charge in [0.25, 0.3) is 0 Å². The van der Waals surface area contributed by atoms with Crippen LogP contribution in [-0.2, 0) is 9.47 Å². The zero-order chi connectivity index (χ0) is 21.7. The summed E-state index contributed by atoms with van der Waals surface area (Å²) in [6.45, 7) is 3.41. The third-order valence-electron chi connectivity index (χ3n) is 4.11. The van der Waals surface area contributed by atoms with Crippen LogP contribution >= 0.6 is 0 Å². The van der Waals surface area contributed by atoms with Gasteiger partial charge in [-0.3, -0.25) is 4.79 Å². The molecule has 1 heterocycles. The van der Waals surface area contributed by atoms with Gasteiger partial charge in [-0.05, 0) is 51.5 Å². The summed E-state index contributed by atoms with van der Waals surface area (Å²) < 4.78 is 39.0. The minimum Gasteiger partial charge on any atom is -0.462 e. The number of rotatable bonds is 8. The van der Waals surface area contributed by atoms with E-state index < -0.39 is 30.4 Å². The van der Waals surface area contributed by atoms with E-state index in [9.17, 15) is 23.2 Å². The molecule has 0 amide bonds. The lowest BCUT2D eigenvalue weighted by atomic mass is 10.1. The zero-order valence-corrected chi connectivity index (χ0v) is 16.4. The lowest BCUT2D eigenvalue weighted by molar-refractivity contribution is -0.0499. The van der Waals surface area contributed by atoms with E-state index >= 15 is 0 Å². The van der Waals surface area contributed by atoms with Gasteiger partial charge >= 0.3 is 18.6 Å². The molecule has 1 N–H and O–H groups in total. The monoisotopic (exact) mass is 409 g/mol. The van der Waals surface area contributed by atoms with Crippen molar-refractivity contribution in [2.24, 2.45) is 0 Å². The Hall–Kier alpha value is -3.23. The Balaban J connectivity index is 2.16. The van der Waals surface area contributed by atoms with Crippen molar-refractivity contribution in [3.05, 3.63) is 52.3 Å². The maximum atomic E-state index is 12.7. The average molecular weight is 409 g/mol. The molecular formula is C20H21F2NO6. The second-order valence-electron chi connectivity index (χ2n) is 6.16. The van der Waals surface area contributed by atoms with E-state index in [1.54, 1.807) is 20.8 Å². The molecule has 0 saturated heterocycles. The molecule has 1 aromatic carbocycles. The van der Waals surface area contributed by atoms with Gasteiger partial charge < -0.3 is 19.2 Å². The van der Waals surface area contributed by atoms with Gasteiger partial charge in [0.1, 0.15) is 5.75 Å². The minimum absolute atomic E-state index is 0.0469. The van der Waals surface area contributed by atoms with Crippen LogP contribution in [0.2, 0.25) is 0 Å². The molecular weight excluding hydrogens is 388 g/mol. The van der Waals surface area contributed by atoms with Crippen LogP contribution < -0.4 is 4.74 Å². The van der Waals surface area contributed by atoms with E-state index in [1.807, 2.05) is 0 Å². The number of nitrogens with one attached hydrogen (secondary N) is 1. The number of halogens is 2. The van der Waals surface area contributed by atoms with Crippen LogP contribution in [0.4, 0.5) is 8.78 Å². The Morgan fingerprint density at radius 3 is 2.45 bits per heavy atom. The number of ketones is 1. The second-order valence-corrected chi connectivity index (χ2v) is 6.16. The van der Waals surface area contributed by atoms with Crippen LogP contribution in [0.5, 0.6) is 5.75 Å². The van der Waals surface area contributed by atoms with Gasteiger partial charge in [0.05, 0.1) is 23.4 Å². The SMILES string of the molecule is CCOC(=O)c1c(C)[nH]c(C(=O)C(C)OC(=O)c2cccc(OC(F)F)c2)c1C. The molecule has 0 aliphatic carbocycles. The molecule has 0 saturated carbocycles. The van der Waals surface area contributed by atoms with Gasteiger partial charge in [-0.2, -0.15) is 8.78 Å². The van der Waals surface area contributed by atoms with Gasteiger partial charge in [-0.1, -0.05) is 6.07 Å². The highest BCUT2D eigenvalue weighted by Crippen LogP contribution is 2.22. The van der Waals surface area contributed by atoms with Crippen molar-refractivity contribution < 1.29 is 37.4 Å². The first-order valence-corrected chi connectivity index (χ1v) is 8.82. The van der Waals surface area contributed by atoms with Crippen LogP contribution in [0.25, 0.3) is 0 Å². The second kappa shape index (κ2) is 9.31. The highest BCUT2D eigenvalue weighted by Gasteiger charge is 2.28. The summed E-state index contributed by atoms with van der Waals surface area (Å²) in [6, 6.07) is 5.06. The largest absolute Gasteiger partial charge is 0.462 e. The molecule has 9 heteroatoms. The normalized spacial score (nSPS) is 11.8. The number of aromatic amines is 1. The van der Waals surface area contributed by atoms with Crippen molar-refractivity contribution in [2.75, 3.05) is 6.61 Å². The van der Waals surface area contributed by atoms with Gasteiger partial charge in [-0.15, -0.1) is 0 Å². The van der Waals surface area contributed by atoms with Gasteiger partial charge in [0.15, 0.2) is 6.10 Å². The molecule has 0 fully saturated rings. The molecule has 0 bridgehead atoms. The Labute approximate surface area is 166 Å². The van der Waals surface area contributed by atoms with E-state index in [1.165, 1.54) is 25.1 Å². The van der Waals surface area contributed by atoms with Crippen LogP contribution in [0, 0.1) is 13.8 Å². The standard InChI is InChI=1S/C20H21F2NO6/c1-5-27-19(26)15-10(2)16(23-11(15)3)17(24)12(4)28-18(25)13-7-6-8-14(9-13)29-20(21)22/h6-9,12,20,23H,5H2,1-4H3. The van der Waals surface area contributed by atoms with Gasteiger partial charge in [0, 0.05) is 5.69 Å². The van der Waals surface area contributed by atoms with E-state index in [2.05, 4.69) is 9.72 Å². The highest BCUT2D eigenvalue weighted by atomic mass is 19.3. The number of aryl methyl sites for hydroxylation is 1. The first-order chi connectivity index (χ1) is 13.6. The van der Waals surface area contributed by atoms with Gasteiger partial charge in [0.2, 0.25) is 5.78 Å². The number of carbonyl (C=O) groups excluding carboxylic acids is 3. The number of Topliss-reactive ketones (excluding diaryl/α,β-unsaturated/α-hetero) is 1. The Bertz CT molecular complexity index is 922.